The van der Waals surface area contributed by atoms with E-state index < -0.39 is 11.7 Å². The van der Waals surface area contributed by atoms with E-state index in [1.165, 1.54) is 13.8 Å². The Labute approximate surface area is 64.6 Å². The van der Waals surface area contributed by atoms with Gasteiger partial charge in [-0.05, 0) is 19.9 Å². The van der Waals surface area contributed by atoms with E-state index in [9.17, 15) is 9.18 Å². The van der Waals surface area contributed by atoms with Crippen molar-refractivity contribution in [3.8, 4) is 0 Å². The van der Waals surface area contributed by atoms with Crippen LogP contribution in [0.15, 0.2) is 23.2 Å². The fourth-order valence-electron chi connectivity index (χ4n) is 0.426. The summed E-state index contributed by atoms with van der Waals surface area (Å²) in [5.74, 6) is -1.46. The summed E-state index contributed by atoms with van der Waals surface area (Å²) in [5, 5.41) is 0. The molecule has 0 spiro atoms. The first kappa shape index (κ1) is 9.68. The molecule has 0 unspecified atom stereocenters. The number of allylic oxidation sites excluding steroid dienone is 3. The lowest BCUT2D eigenvalue weighted by atomic mass is 10.2. The van der Waals surface area contributed by atoms with Gasteiger partial charge in [-0.25, -0.2) is 4.39 Å². The molecule has 0 aliphatic heterocycles. The summed E-state index contributed by atoms with van der Waals surface area (Å²) in [4.78, 5) is 10.4. The van der Waals surface area contributed by atoms with Crippen molar-refractivity contribution in [2.24, 2.45) is 11.5 Å². The van der Waals surface area contributed by atoms with Crippen LogP contribution in [-0.4, -0.2) is 5.91 Å². The quantitative estimate of drug-likeness (QED) is 0.456. The Morgan fingerprint density at radius 2 is 1.82 bits per heavy atom. The maximum absolute atomic E-state index is 12.7. The Kier molecular flexibility index (Phi) is 3.30. The van der Waals surface area contributed by atoms with Crippen molar-refractivity contribution < 1.29 is 9.18 Å². The lowest BCUT2D eigenvalue weighted by molar-refractivity contribution is -0.114. The van der Waals surface area contributed by atoms with Crippen molar-refractivity contribution >= 4 is 5.91 Å². The lowest BCUT2D eigenvalue weighted by Crippen LogP contribution is -2.12. The molecule has 11 heavy (non-hydrogen) atoms. The second kappa shape index (κ2) is 3.75. The number of halogens is 1. The number of amides is 1. The molecule has 0 aromatic heterocycles. The van der Waals surface area contributed by atoms with Gasteiger partial charge in [0, 0.05) is 11.3 Å². The highest BCUT2D eigenvalue weighted by Crippen LogP contribution is 2.07. The van der Waals surface area contributed by atoms with Gasteiger partial charge in [0.25, 0.3) is 0 Å². The van der Waals surface area contributed by atoms with Gasteiger partial charge in [-0.1, -0.05) is 0 Å². The number of hydrogen-bond donors (Lipinski definition) is 2. The summed E-state index contributed by atoms with van der Waals surface area (Å²) in [6.45, 7) is 2.82. The minimum atomic E-state index is -0.778. The van der Waals surface area contributed by atoms with E-state index in [1.807, 2.05) is 0 Å². The molecule has 0 aromatic carbocycles. The summed E-state index contributed by atoms with van der Waals surface area (Å²) in [7, 11) is 0. The van der Waals surface area contributed by atoms with Crippen molar-refractivity contribution in [2.75, 3.05) is 0 Å². The van der Waals surface area contributed by atoms with Crippen LogP contribution in [0.2, 0.25) is 0 Å². The summed E-state index contributed by atoms with van der Waals surface area (Å²) in [5.41, 5.74) is 10.2. The molecule has 62 valence electrons. The average molecular weight is 158 g/mol. The molecule has 0 heterocycles. The van der Waals surface area contributed by atoms with E-state index in [0.29, 0.717) is 5.70 Å². The molecule has 0 saturated heterocycles. The van der Waals surface area contributed by atoms with E-state index in [0.717, 1.165) is 6.08 Å². The molecule has 0 aliphatic carbocycles. The number of nitrogens with two attached hydrogens (primary N) is 2. The maximum Gasteiger partial charge on any atom is 0.247 e. The Balaban J connectivity index is 4.68. The van der Waals surface area contributed by atoms with Crippen molar-refractivity contribution in [3.05, 3.63) is 23.2 Å². The summed E-state index contributed by atoms with van der Waals surface area (Å²) in [6.07, 6.45) is 1.06. The van der Waals surface area contributed by atoms with E-state index in [2.05, 4.69) is 0 Å². The molecule has 4 heteroatoms. The number of primary amides is 1. The van der Waals surface area contributed by atoms with Gasteiger partial charge in [0.15, 0.2) is 0 Å². The molecular weight excluding hydrogens is 147 g/mol. The van der Waals surface area contributed by atoms with Crippen LogP contribution in [0, 0.1) is 0 Å². The van der Waals surface area contributed by atoms with Gasteiger partial charge < -0.3 is 11.5 Å². The lowest BCUT2D eigenvalue weighted by Gasteiger charge is -1.94. The second-order valence-corrected chi connectivity index (χ2v) is 2.23. The van der Waals surface area contributed by atoms with Gasteiger partial charge in [-0.15, -0.1) is 0 Å². The molecule has 0 rings (SSSR count). The highest BCUT2D eigenvalue weighted by atomic mass is 19.1. The molecule has 1 amide bonds. The Morgan fingerprint density at radius 1 is 1.36 bits per heavy atom. The first-order valence-corrected chi connectivity index (χ1v) is 3.05. The minimum Gasteiger partial charge on any atom is -0.402 e. The predicted octanol–water partition coefficient (Wildman–Crippen LogP) is 0.578. The van der Waals surface area contributed by atoms with Gasteiger partial charge >= 0.3 is 0 Å². The topological polar surface area (TPSA) is 69.1 Å². The van der Waals surface area contributed by atoms with Gasteiger partial charge in [0.2, 0.25) is 5.91 Å². The van der Waals surface area contributed by atoms with Crippen LogP contribution in [-0.2, 0) is 4.79 Å². The van der Waals surface area contributed by atoms with Gasteiger partial charge in [0.1, 0.15) is 5.83 Å². The van der Waals surface area contributed by atoms with Crippen LogP contribution in [0.25, 0.3) is 0 Å². The van der Waals surface area contributed by atoms with Crippen molar-refractivity contribution in [3.63, 3.8) is 0 Å². The normalized spacial score (nSPS) is 14.3. The minimum absolute atomic E-state index is 0.116. The SMILES string of the molecule is C/C(C(N)=O)=C(F)\C=C(/C)N. The maximum atomic E-state index is 12.7. The molecule has 0 bridgehead atoms. The smallest absolute Gasteiger partial charge is 0.247 e. The first-order chi connectivity index (χ1) is 4.95. The van der Waals surface area contributed by atoms with E-state index in [4.69, 9.17) is 11.5 Å². The number of hydrogen-bond acceptors (Lipinski definition) is 2. The summed E-state index contributed by atoms with van der Waals surface area (Å²) in [6, 6.07) is 0. The number of rotatable bonds is 2. The molecule has 0 atom stereocenters. The van der Waals surface area contributed by atoms with Crippen LogP contribution in [0.3, 0.4) is 0 Å². The largest absolute Gasteiger partial charge is 0.402 e. The molecule has 0 aromatic rings. The van der Waals surface area contributed by atoms with Gasteiger partial charge in [0.05, 0.1) is 0 Å². The zero-order chi connectivity index (χ0) is 9.02. The van der Waals surface area contributed by atoms with Crippen LogP contribution in [0.5, 0.6) is 0 Å². The zero-order valence-electron chi connectivity index (χ0n) is 6.52. The van der Waals surface area contributed by atoms with Gasteiger partial charge in [-0.3, -0.25) is 4.79 Å². The molecule has 0 aliphatic rings. The van der Waals surface area contributed by atoms with E-state index in [-0.39, 0.29) is 5.57 Å². The first-order valence-electron chi connectivity index (χ1n) is 3.05. The standard InChI is InChI=1S/C7H11FN2O/c1-4(9)3-6(8)5(2)7(10)11/h3H,9H2,1-2H3,(H2,10,11)/b4-3+,6-5-. The molecule has 0 fully saturated rings. The Hall–Kier alpha value is -1.32. The van der Waals surface area contributed by atoms with Gasteiger partial charge in [-0.2, -0.15) is 0 Å². The Morgan fingerprint density at radius 3 is 2.09 bits per heavy atom. The second-order valence-electron chi connectivity index (χ2n) is 2.23. The fourth-order valence-corrected chi connectivity index (χ4v) is 0.426. The number of carbonyl (C=O) groups is 1. The van der Waals surface area contributed by atoms with Crippen LogP contribution in [0.4, 0.5) is 4.39 Å². The molecule has 0 radical (unpaired) electrons. The van der Waals surface area contributed by atoms with Crippen LogP contribution >= 0.6 is 0 Å². The van der Waals surface area contributed by atoms with Crippen molar-refractivity contribution in [1.29, 1.82) is 0 Å². The monoisotopic (exact) mass is 158 g/mol. The summed E-state index contributed by atoms with van der Waals surface area (Å²) < 4.78 is 12.7. The third-order valence-corrected chi connectivity index (χ3v) is 1.08. The van der Waals surface area contributed by atoms with Crippen molar-refractivity contribution in [1.82, 2.24) is 0 Å². The van der Waals surface area contributed by atoms with Crippen LogP contribution < -0.4 is 11.5 Å². The zero-order valence-corrected chi connectivity index (χ0v) is 6.52. The van der Waals surface area contributed by atoms with Crippen molar-refractivity contribution in [2.45, 2.75) is 13.8 Å². The Bertz CT molecular complexity index is 227. The fraction of sp³-hybridized carbons (Fsp3) is 0.286. The molecule has 4 N–H and O–H groups in total. The highest BCUT2D eigenvalue weighted by molar-refractivity contribution is 5.92. The number of carbonyl (C=O) groups excluding carboxylic acids is 1. The average Bonchev–Trinajstić information content (AvgIpc) is 1.84. The van der Waals surface area contributed by atoms with E-state index in [1.54, 1.807) is 0 Å². The third-order valence-electron chi connectivity index (χ3n) is 1.08. The van der Waals surface area contributed by atoms with Crippen LogP contribution in [0.1, 0.15) is 13.8 Å². The summed E-state index contributed by atoms with van der Waals surface area (Å²) >= 11 is 0. The van der Waals surface area contributed by atoms with E-state index >= 15 is 0 Å². The predicted molar refractivity (Wildman–Crippen MR) is 40.9 cm³/mol. The molecule has 0 saturated carbocycles. The third kappa shape index (κ3) is 3.40. The highest BCUT2D eigenvalue weighted by Gasteiger charge is 2.03. The molecular formula is C7H11FN2O. The molecule has 3 nitrogen and oxygen atoms in total.